The standard InChI is InChI=1S/C18H28N4O4/c1-24-10-9-21-12-18(7-5-16(21)23)6-4-8-22(13-18)17-19-14(25-2)11-15(20-17)26-3/h11H,4-10,12-13H2,1-3H3/t18-/m1/s1. The lowest BCUT2D eigenvalue weighted by Gasteiger charge is -2.48. The van der Waals surface area contributed by atoms with Crippen LogP contribution in [0.4, 0.5) is 5.95 Å². The molecule has 8 nitrogen and oxygen atoms in total. The van der Waals surface area contributed by atoms with Crippen LogP contribution in [0.15, 0.2) is 6.07 Å². The predicted octanol–water partition coefficient (Wildman–Crippen LogP) is 1.35. The molecule has 0 saturated carbocycles. The lowest BCUT2D eigenvalue weighted by molar-refractivity contribution is -0.138. The van der Waals surface area contributed by atoms with Crippen molar-refractivity contribution in [3.8, 4) is 11.8 Å². The maximum atomic E-state index is 12.2. The summed E-state index contributed by atoms with van der Waals surface area (Å²) in [5.74, 6) is 1.84. The highest BCUT2D eigenvalue weighted by molar-refractivity contribution is 5.77. The van der Waals surface area contributed by atoms with E-state index in [2.05, 4.69) is 14.9 Å². The molecule has 1 aromatic heterocycles. The topological polar surface area (TPSA) is 77.0 Å². The number of carbonyl (C=O) groups excluding carboxylic acids is 1. The molecular formula is C18H28N4O4. The van der Waals surface area contributed by atoms with Crippen LogP contribution in [0.5, 0.6) is 11.8 Å². The number of piperidine rings is 2. The molecule has 0 unspecified atom stereocenters. The Morgan fingerprint density at radius 3 is 2.50 bits per heavy atom. The van der Waals surface area contributed by atoms with Gasteiger partial charge in [0.25, 0.3) is 0 Å². The zero-order valence-corrected chi connectivity index (χ0v) is 15.9. The summed E-state index contributed by atoms with van der Waals surface area (Å²) in [7, 11) is 4.84. The summed E-state index contributed by atoms with van der Waals surface area (Å²) in [6, 6.07) is 1.68. The smallest absolute Gasteiger partial charge is 0.231 e. The molecular weight excluding hydrogens is 336 g/mol. The van der Waals surface area contributed by atoms with Gasteiger partial charge in [-0.2, -0.15) is 9.97 Å². The highest BCUT2D eigenvalue weighted by Gasteiger charge is 2.42. The Morgan fingerprint density at radius 1 is 1.12 bits per heavy atom. The van der Waals surface area contributed by atoms with Gasteiger partial charge >= 0.3 is 0 Å². The molecule has 26 heavy (non-hydrogen) atoms. The fourth-order valence-electron chi connectivity index (χ4n) is 3.96. The summed E-state index contributed by atoms with van der Waals surface area (Å²) in [5.41, 5.74) is 0.0829. The first-order chi connectivity index (χ1) is 12.6. The van der Waals surface area contributed by atoms with Crippen LogP contribution in [-0.4, -0.2) is 74.9 Å². The Hall–Kier alpha value is -2.09. The number of hydrogen-bond donors (Lipinski definition) is 0. The van der Waals surface area contributed by atoms with Crippen molar-refractivity contribution >= 4 is 11.9 Å². The first kappa shape index (κ1) is 18.7. The van der Waals surface area contributed by atoms with E-state index in [-0.39, 0.29) is 11.3 Å². The van der Waals surface area contributed by atoms with Gasteiger partial charge in [0.2, 0.25) is 23.6 Å². The number of likely N-dealkylation sites (tertiary alicyclic amines) is 1. The number of amides is 1. The second kappa shape index (κ2) is 8.07. The summed E-state index contributed by atoms with van der Waals surface area (Å²) in [5, 5.41) is 0. The van der Waals surface area contributed by atoms with Crippen molar-refractivity contribution in [2.24, 2.45) is 5.41 Å². The lowest BCUT2D eigenvalue weighted by atomic mass is 9.73. The normalized spacial score (nSPS) is 23.4. The van der Waals surface area contributed by atoms with E-state index >= 15 is 0 Å². The van der Waals surface area contributed by atoms with Crippen LogP contribution >= 0.6 is 0 Å². The zero-order chi connectivity index (χ0) is 18.6. The minimum Gasteiger partial charge on any atom is -0.481 e. The van der Waals surface area contributed by atoms with Crippen molar-refractivity contribution in [2.75, 3.05) is 59.0 Å². The molecule has 3 heterocycles. The predicted molar refractivity (Wildman–Crippen MR) is 96.7 cm³/mol. The Morgan fingerprint density at radius 2 is 1.85 bits per heavy atom. The molecule has 8 heteroatoms. The fourth-order valence-corrected chi connectivity index (χ4v) is 3.96. The lowest BCUT2D eigenvalue weighted by Crippen LogP contribution is -2.54. The van der Waals surface area contributed by atoms with Gasteiger partial charge in [0.05, 0.1) is 26.9 Å². The van der Waals surface area contributed by atoms with Gasteiger partial charge in [-0.3, -0.25) is 4.79 Å². The third-order valence-electron chi connectivity index (χ3n) is 5.34. The maximum Gasteiger partial charge on any atom is 0.231 e. The first-order valence-corrected chi connectivity index (χ1v) is 9.08. The Kier molecular flexibility index (Phi) is 5.80. The summed E-state index contributed by atoms with van der Waals surface area (Å²) in [6.45, 7) is 3.72. The van der Waals surface area contributed by atoms with Crippen LogP contribution in [0.2, 0.25) is 0 Å². The molecule has 1 amide bonds. The fraction of sp³-hybridized carbons (Fsp3) is 0.722. The zero-order valence-electron chi connectivity index (χ0n) is 15.9. The minimum atomic E-state index is 0.0829. The Labute approximate surface area is 154 Å². The minimum absolute atomic E-state index is 0.0829. The van der Waals surface area contributed by atoms with E-state index in [1.165, 1.54) is 0 Å². The number of nitrogens with zero attached hydrogens (tertiary/aromatic N) is 4. The van der Waals surface area contributed by atoms with Gasteiger partial charge < -0.3 is 24.0 Å². The molecule has 2 aliphatic rings. The number of aromatic nitrogens is 2. The van der Waals surface area contributed by atoms with E-state index in [4.69, 9.17) is 14.2 Å². The molecule has 144 valence electrons. The second-order valence-corrected chi connectivity index (χ2v) is 7.09. The van der Waals surface area contributed by atoms with E-state index in [1.54, 1.807) is 27.4 Å². The molecule has 1 aromatic rings. The summed E-state index contributed by atoms with van der Waals surface area (Å²) >= 11 is 0. The summed E-state index contributed by atoms with van der Waals surface area (Å²) in [4.78, 5) is 25.4. The van der Waals surface area contributed by atoms with Crippen molar-refractivity contribution in [3.63, 3.8) is 0 Å². The highest BCUT2D eigenvalue weighted by Crippen LogP contribution is 2.40. The van der Waals surface area contributed by atoms with Crippen molar-refractivity contribution < 1.29 is 19.0 Å². The van der Waals surface area contributed by atoms with Crippen LogP contribution in [0.1, 0.15) is 25.7 Å². The highest BCUT2D eigenvalue weighted by atomic mass is 16.5. The maximum absolute atomic E-state index is 12.2. The van der Waals surface area contributed by atoms with Crippen LogP contribution in [-0.2, 0) is 9.53 Å². The van der Waals surface area contributed by atoms with E-state index in [9.17, 15) is 4.79 Å². The van der Waals surface area contributed by atoms with Crippen LogP contribution < -0.4 is 14.4 Å². The average molecular weight is 364 g/mol. The molecule has 2 fully saturated rings. The van der Waals surface area contributed by atoms with Gasteiger partial charge in [-0.1, -0.05) is 0 Å². The van der Waals surface area contributed by atoms with Crippen molar-refractivity contribution in [3.05, 3.63) is 6.07 Å². The van der Waals surface area contributed by atoms with Gasteiger partial charge in [0.1, 0.15) is 0 Å². The van der Waals surface area contributed by atoms with Gasteiger partial charge in [-0.25, -0.2) is 0 Å². The van der Waals surface area contributed by atoms with Crippen LogP contribution in [0.25, 0.3) is 0 Å². The number of hydrogen-bond acceptors (Lipinski definition) is 7. The molecule has 0 aromatic carbocycles. The summed E-state index contributed by atoms with van der Waals surface area (Å²) < 4.78 is 15.7. The monoisotopic (exact) mass is 364 g/mol. The molecule has 0 bridgehead atoms. The molecule has 1 spiro atoms. The number of methoxy groups -OCH3 is 3. The molecule has 0 N–H and O–H groups in total. The molecule has 0 radical (unpaired) electrons. The number of carbonyl (C=O) groups is 1. The molecule has 1 atom stereocenters. The quantitative estimate of drug-likeness (QED) is 0.754. The molecule has 2 saturated heterocycles. The number of ether oxygens (including phenoxy) is 3. The van der Waals surface area contributed by atoms with Crippen LogP contribution in [0, 0.1) is 5.41 Å². The summed E-state index contributed by atoms with van der Waals surface area (Å²) in [6.07, 6.45) is 3.67. The number of anilines is 1. The SMILES string of the molecule is COCCN1C[C@@]2(CCCN(c3nc(OC)cc(OC)n3)C2)CCC1=O. The van der Waals surface area contributed by atoms with E-state index in [1.807, 2.05) is 4.90 Å². The Balaban J connectivity index is 1.77. The van der Waals surface area contributed by atoms with Crippen molar-refractivity contribution in [1.82, 2.24) is 14.9 Å². The number of rotatable bonds is 6. The first-order valence-electron chi connectivity index (χ1n) is 9.08. The third kappa shape index (κ3) is 4.00. The largest absolute Gasteiger partial charge is 0.481 e. The second-order valence-electron chi connectivity index (χ2n) is 7.09. The van der Waals surface area contributed by atoms with Crippen molar-refractivity contribution in [1.29, 1.82) is 0 Å². The molecule has 2 aliphatic heterocycles. The van der Waals surface area contributed by atoms with E-state index in [0.717, 1.165) is 38.9 Å². The van der Waals surface area contributed by atoms with Gasteiger partial charge in [-0.15, -0.1) is 0 Å². The van der Waals surface area contributed by atoms with Gasteiger partial charge in [0.15, 0.2) is 0 Å². The van der Waals surface area contributed by atoms with E-state index in [0.29, 0.717) is 37.3 Å². The van der Waals surface area contributed by atoms with Gasteiger partial charge in [-0.05, 0) is 19.3 Å². The molecule has 3 rings (SSSR count). The third-order valence-corrected chi connectivity index (χ3v) is 5.34. The average Bonchev–Trinajstić information content (AvgIpc) is 2.68. The van der Waals surface area contributed by atoms with Gasteiger partial charge in [0, 0.05) is 45.1 Å². The van der Waals surface area contributed by atoms with E-state index < -0.39 is 0 Å². The Bertz CT molecular complexity index is 619. The van der Waals surface area contributed by atoms with Crippen molar-refractivity contribution in [2.45, 2.75) is 25.7 Å². The molecule has 0 aliphatic carbocycles. The van der Waals surface area contributed by atoms with Crippen LogP contribution in [0.3, 0.4) is 0 Å².